The van der Waals surface area contributed by atoms with Gasteiger partial charge in [-0.25, -0.2) is 0 Å². The number of ether oxygens (including phenoxy) is 1. The van der Waals surface area contributed by atoms with Crippen molar-refractivity contribution in [3.8, 4) is 0 Å². The summed E-state index contributed by atoms with van der Waals surface area (Å²) in [6.07, 6.45) is -0.753. The molecule has 0 spiro atoms. The number of morpholine rings is 1. The first-order valence-corrected chi connectivity index (χ1v) is 7.86. The second-order valence-electron chi connectivity index (χ2n) is 5.95. The number of carbonyl (C=O) groups is 2. The van der Waals surface area contributed by atoms with E-state index in [2.05, 4.69) is 5.32 Å². The van der Waals surface area contributed by atoms with E-state index >= 15 is 0 Å². The molecule has 2 amide bonds. The molecule has 1 heterocycles. The van der Waals surface area contributed by atoms with Crippen LogP contribution in [0.1, 0.15) is 17.2 Å². The minimum Gasteiger partial charge on any atom is -0.356 e. The first-order chi connectivity index (χ1) is 11.6. The second kappa shape index (κ2) is 6.84. The summed E-state index contributed by atoms with van der Waals surface area (Å²) in [5.74, 6) is -0.393. The molecule has 0 bridgehead atoms. The van der Waals surface area contributed by atoms with E-state index in [4.69, 9.17) is 4.74 Å². The van der Waals surface area contributed by atoms with Crippen LogP contribution in [0, 0.1) is 6.92 Å². The Morgan fingerprint density at radius 1 is 1.12 bits per heavy atom. The van der Waals surface area contributed by atoms with E-state index in [1.165, 1.54) is 0 Å². The molecular formula is C19H20N2O3. The number of amides is 2. The molecule has 2 atom stereocenters. The van der Waals surface area contributed by atoms with E-state index in [0.29, 0.717) is 5.69 Å². The van der Waals surface area contributed by atoms with Crippen molar-refractivity contribution in [1.29, 1.82) is 0 Å². The van der Waals surface area contributed by atoms with E-state index in [0.717, 1.165) is 11.1 Å². The maximum atomic E-state index is 12.7. The molecule has 5 heteroatoms. The maximum Gasteiger partial charge on any atom is 0.256 e. The Labute approximate surface area is 141 Å². The van der Waals surface area contributed by atoms with Crippen molar-refractivity contribution in [2.45, 2.75) is 19.1 Å². The van der Waals surface area contributed by atoms with E-state index in [1.807, 2.05) is 61.5 Å². The van der Waals surface area contributed by atoms with Gasteiger partial charge in [-0.2, -0.15) is 0 Å². The quantitative estimate of drug-likeness (QED) is 0.944. The molecule has 1 aliphatic rings. The number of aryl methyl sites for hydroxylation is 1. The van der Waals surface area contributed by atoms with Crippen LogP contribution in [0.5, 0.6) is 0 Å². The average molecular weight is 324 g/mol. The average Bonchev–Trinajstić information content (AvgIpc) is 2.60. The summed E-state index contributed by atoms with van der Waals surface area (Å²) in [6.45, 7) is 1.90. The highest BCUT2D eigenvalue weighted by atomic mass is 16.5. The molecular weight excluding hydrogens is 304 g/mol. The highest BCUT2D eigenvalue weighted by Crippen LogP contribution is 2.29. The Hall–Kier alpha value is -2.66. The fraction of sp³-hybridized carbons (Fsp3) is 0.263. The third-order valence-corrected chi connectivity index (χ3v) is 4.20. The van der Waals surface area contributed by atoms with Crippen molar-refractivity contribution in [3.05, 3.63) is 65.7 Å². The number of hydrogen-bond acceptors (Lipinski definition) is 3. The van der Waals surface area contributed by atoms with Crippen LogP contribution in [-0.2, 0) is 14.3 Å². The van der Waals surface area contributed by atoms with Crippen LogP contribution in [0.2, 0.25) is 0 Å². The number of benzene rings is 2. The Morgan fingerprint density at radius 2 is 1.79 bits per heavy atom. The van der Waals surface area contributed by atoms with Crippen LogP contribution in [0.25, 0.3) is 0 Å². The fourth-order valence-electron chi connectivity index (χ4n) is 2.83. The van der Waals surface area contributed by atoms with Crippen molar-refractivity contribution in [1.82, 2.24) is 4.90 Å². The zero-order valence-corrected chi connectivity index (χ0v) is 13.7. The molecule has 24 heavy (non-hydrogen) atoms. The van der Waals surface area contributed by atoms with Gasteiger partial charge in [-0.15, -0.1) is 0 Å². The summed E-state index contributed by atoms with van der Waals surface area (Å²) in [5, 5.41) is 2.87. The van der Waals surface area contributed by atoms with Gasteiger partial charge in [-0.05, 0) is 24.6 Å². The van der Waals surface area contributed by atoms with Crippen molar-refractivity contribution in [2.24, 2.45) is 0 Å². The molecule has 1 aliphatic heterocycles. The number of rotatable bonds is 3. The zero-order chi connectivity index (χ0) is 17.1. The third-order valence-electron chi connectivity index (χ3n) is 4.20. The van der Waals surface area contributed by atoms with Gasteiger partial charge in [0, 0.05) is 12.7 Å². The lowest BCUT2D eigenvalue weighted by Gasteiger charge is -2.38. The molecule has 3 rings (SSSR count). The molecule has 0 aromatic heterocycles. The smallest absolute Gasteiger partial charge is 0.256 e. The zero-order valence-electron chi connectivity index (χ0n) is 13.7. The second-order valence-corrected chi connectivity index (χ2v) is 5.95. The lowest BCUT2D eigenvalue weighted by Crippen LogP contribution is -2.51. The van der Waals surface area contributed by atoms with E-state index in [1.54, 1.807) is 11.9 Å². The van der Waals surface area contributed by atoms with E-state index in [-0.39, 0.29) is 18.4 Å². The number of nitrogens with zero attached hydrogens (tertiary/aromatic N) is 1. The number of carbonyl (C=O) groups excluding carboxylic acids is 2. The Kier molecular flexibility index (Phi) is 4.62. The maximum absolute atomic E-state index is 12.7. The van der Waals surface area contributed by atoms with Gasteiger partial charge in [-0.3, -0.25) is 9.59 Å². The van der Waals surface area contributed by atoms with Gasteiger partial charge >= 0.3 is 0 Å². The van der Waals surface area contributed by atoms with Crippen LogP contribution in [-0.4, -0.2) is 36.5 Å². The molecule has 1 fully saturated rings. The molecule has 0 radical (unpaired) electrons. The molecule has 1 saturated heterocycles. The third kappa shape index (κ3) is 3.31. The van der Waals surface area contributed by atoms with Crippen molar-refractivity contribution in [3.63, 3.8) is 0 Å². The van der Waals surface area contributed by atoms with Gasteiger partial charge in [0.1, 0.15) is 6.61 Å². The van der Waals surface area contributed by atoms with Gasteiger partial charge in [0.25, 0.3) is 5.91 Å². The minimum atomic E-state index is -0.753. The monoisotopic (exact) mass is 324 g/mol. The van der Waals surface area contributed by atoms with Crippen molar-refractivity contribution in [2.75, 3.05) is 19.0 Å². The first kappa shape index (κ1) is 16.2. The molecule has 0 aliphatic carbocycles. The molecule has 0 saturated carbocycles. The summed E-state index contributed by atoms with van der Waals surface area (Å²) in [4.78, 5) is 26.3. The minimum absolute atomic E-state index is 0.0915. The van der Waals surface area contributed by atoms with E-state index in [9.17, 15) is 9.59 Å². The Balaban J connectivity index is 1.84. The summed E-state index contributed by atoms with van der Waals surface area (Å²) in [7, 11) is 1.70. The molecule has 1 N–H and O–H groups in total. The van der Waals surface area contributed by atoms with Gasteiger partial charge < -0.3 is 15.0 Å². The predicted molar refractivity (Wildman–Crippen MR) is 91.5 cm³/mol. The summed E-state index contributed by atoms with van der Waals surface area (Å²) >= 11 is 0. The van der Waals surface area contributed by atoms with Gasteiger partial charge in [0.15, 0.2) is 6.10 Å². The van der Waals surface area contributed by atoms with Crippen molar-refractivity contribution < 1.29 is 14.3 Å². The first-order valence-electron chi connectivity index (χ1n) is 7.86. The van der Waals surface area contributed by atoms with Gasteiger partial charge in [0.05, 0.1) is 6.04 Å². The van der Waals surface area contributed by atoms with Crippen LogP contribution in [0.3, 0.4) is 0 Å². The highest BCUT2D eigenvalue weighted by molar-refractivity contribution is 5.96. The summed E-state index contributed by atoms with van der Waals surface area (Å²) in [5.41, 5.74) is 2.70. The summed E-state index contributed by atoms with van der Waals surface area (Å²) < 4.78 is 5.58. The predicted octanol–water partition coefficient (Wildman–Crippen LogP) is 2.53. The standard InChI is InChI=1S/C19H20N2O3/c1-13-8-10-15(11-9-13)20-19(23)18-17(14-6-4-3-5-7-14)21(2)16(22)12-24-18/h3-11,17-18H,12H2,1-2H3,(H,20,23)/t17-,18+/m0/s1. The SMILES string of the molecule is Cc1ccc(NC(=O)[C@@H]2OCC(=O)N(C)[C@H]2c2ccccc2)cc1. The van der Waals surface area contributed by atoms with Gasteiger partial charge in [-0.1, -0.05) is 48.0 Å². The van der Waals surface area contributed by atoms with Crippen LogP contribution in [0.4, 0.5) is 5.69 Å². The number of anilines is 1. The van der Waals surface area contributed by atoms with Crippen LogP contribution < -0.4 is 5.32 Å². The lowest BCUT2D eigenvalue weighted by atomic mass is 9.97. The van der Waals surface area contributed by atoms with Crippen LogP contribution >= 0.6 is 0 Å². The molecule has 2 aromatic rings. The molecule has 0 unspecified atom stereocenters. The highest BCUT2D eigenvalue weighted by Gasteiger charge is 2.39. The lowest BCUT2D eigenvalue weighted by molar-refractivity contribution is -0.160. The number of hydrogen-bond donors (Lipinski definition) is 1. The Morgan fingerprint density at radius 3 is 2.46 bits per heavy atom. The molecule has 2 aromatic carbocycles. The Bertz CT molecular complexity index is 728. The topological polar surface area (TPSA) is 58.6 Å². The number of nitrogens with one attached hydrogen (secondary N) is 1. The van der Waals surface area contributed by atoms with Crippen molar-refractivity contribution >= 4 is 17.5 Å². The summed E-state index contributed by atoms with van der Waals surface area (Å²) in [6, 6.07) is 16.6. The normalized spacial score (nSPS) is 20.8. The van der Waals surface area contributed by atoms with Gasteiger partial charge in [0.2, 0.25) is 5.91 Å². The molecule has 5 nitrogen and oxygen atoms in total. The largest absolute Gasteiger partial charge is 0.356 e. The van der Waals surface area contributed by atoms with Crippen LogP contribution in [0.15, 0.2) is 54.6 Å². The van der Waals surface area contributed by atoms with E-state index < -0.39 is 12.1 Å². The molecule has 124 valence electrons. The fourth-order valence-corrected chi connectivity index (χ4v) is 2.83. The number of likely N-dealkylation sites (N-methyl/N-ethyl adjacent to an activating group) is 1.